The Labute approximate surface area is 290 Å². The van der Waals surface area contributed by atoms with Crippen LogP contribution in [0.1, 0.15) is 50.9 Å². The molecule has 3 aromatic heterocycles. The van der Waals surface area contributed by atoms with Gasteiger partial charge in [-0.15, -0.1) is 0 Å². The molecular weight excluding hydrogens is 652 g/mol. The lowest BCUT2D eigenvalue weighted by Gasteiger charge is -2.37. The largest absolute Gasteiger partial charge is 0.477 e. The van der Waals surface area contributed by atoms with Gasteiger partial charge in [0.15, 0.2) is 0 Å². The van der Waals surface area contributed by atoms with Crippen LogP contribution in [0.15, 0.2) is 35.4 Å². The number of carbonyl (C=O) groups is 2. The lowest BCUT2D eigenvalue weighted by molar-refractivity contribution is 0.0240. The number of benzene rings is 1. The summed E-state index contributed by atoms with van der Waals surface area (Å²) in [5.74, 6) is 0.486. The number of carbonyl (C=O) groups excluding carboxylic acids is 2. The number of imidazole rings is 1. The predicted molar refractivity (Wildman–Crippen MR) is 188 cm³/mol. The van der Waals surface area contributed by atoms with Crippen LogP contribution in [-0.4, -0.2) is 86.4 Å². The topological polar surface area (TPSA) is 152 Å². The maximum atomic E-state index is 13.0. The number of piperazine rings is 1. The van der Waals surface area contributed by atoms with Gasteiger partial charge in [-0.2, -0.15) is 5.10 Å². The van der Waals surface area contributed by atoms with E-state index in [1.807, 2.05) is 37.5 Å². The first-order valence-corrected chi connectivity index (χ1v) is 16.7. The monoisotopic (exact) mass is 696 g/mol. The molecule has 0 radical (unpaired) electrons. The lowest BCUT2D eigenvalue weighted by atomic mass is 10.1. The highest BCUT2D eigenvalue weighted by Gasteiger charge is 2.28. The van der Waals surface area contributed by atoms with E-state index in [4.69, 9.17) is 31.5 Å². The Morgan fingerprint density at radius 1 is 1.10 bits per heavy atom. The number of hydrogen-bond acceptors (Lipinski definition) is 10. The minimum absolute atomic E-state index is 0.204. The Kier molecular flexibility index (Phi) is 10.5. The molecule has 0 aliphatic carbocycles. The van der Waals surface area contributed by atoms with E-state index in [2.05, 4.69) is 21.9 Å². The number of rotatable bonds is 10. The van der Waals surface area contributed by atoms with Gasteiger partial charge in [-0.1, -0.05) is 18.5 Å². The Bertz CT molecular complexity index is 1900. The van der Waals surface area contributed by atoms with Gasteiger partial charge in [0, 0.05) is 53.0 Å². The van der Waals surface area contributed by atoms with Crippen LogP contribution in [0.3, 0.4) is 0 Å². The zero-order valence-electron chi connectivity index (χ0n) is 29.2. The molecule has 2 N–H and O–H groups in total. The van der Waals surface area contributed by atoms with Crippen LogP contribution in [-0.2, 0) is 30.1 Å². The number of halogens is 1. The van der Waals surface area contributed by atoms with Crippen molar-refractivity contribution in [1.82, 2.24) is 28.8 Å². The van der Waals surface area contributed by atoms with E-state index < -0.39 is 11.6 Å². The SMILES string of the molecule is COC(=O)c1cc(-c2cnn(C)c2OCCC[C@@H](C)Cn2c(N)nc3ccc(N4CCN(C(=O)OC(C)(C)C)CC4)c(Cl)c32)c(=O)n(C)c1. The summed E-state index contributed by atoms with van der Waals surface area (Å²) in [4.78, 5) is 46.2. The minimum Gasteiger partial charge on any atom is -0.477 e. The van der Waals surface area contributed by atoms with Crippen molar-refractivity contribution >= 4 is 46.3 Å². The molecule has 1 amide bonds. The molecule has 1 atom stereocenters. The molecule has 49 heavy (non-hydrogen) atoms. The van der Waals surface area contributed by atoms with Gasteiger partial charge in [0.25, 0.3) is 5.56 Å². The maximum absolute atomic E-state index is 13.0. The number of methoxy groups -OCH3 is 1. The van der Waals surface area contributed by atoms with Crippen LogP contribution in [0.4, 0.5) is 16.4 Å². The van der Waals surface area contributed by atoms with Gasteiger partial charge in [0.2, 0.25) is 11.8 Å². The maximum Gasteiger partial charge on any atom is 0.410 e. The fourth-order valence-electron chi connectivity index (χ4n) is 5.99. The highest BCUT2D eigenvalue weighted by atomic mass is 35.5. The highest BCUT2D eigenvalue weighted by Crippen LogP contribution is 2.36. The number of aromatic nitrogens is 5. The molecule has 1 aliphatic rings. The van der Waals surface area contributed by atoms with Crippen molar-refractivity contribution in [3.8, 4) is 17.0 Å². The van der Waals surface area contributed by atoms with E-state index in [0.717, 1.165) is 29.6 Å². The van der Waals surface area contributed by atoms with Crippen LogP contribution in [0.25, 0.3) is 22.2 Å². The second-order valence-electron chi connectivity index (χ2n) is 13.4. The van der Waals surface area contributed by atoms with Crippen molar-refractivity contribution in [1.29, 1.82) is 0 Å². The van der Waals surface area contributed by atoms with Gasteiger partial charge in [-0.3, -0.25) is 4.79 Å². The number of pyridine rings is 1. The Morgan fingerprint density at radius 3 is 2.49 bits per heavy atom. The molecule has 264 valence electrons. The summed E-state index contributed by atoms with van der Waals surface area (Å²) in [6.45, 7) is 11.0. The van der Waals surface area contributed by atoms with Crippen molar-refractivity contribution in [2.24, 2.45) is 20.0 Å². The molecule has 1 aliphatic heterocycles. The van der Waals surface area contributed by atoms with Crippen LogP contribution in [0, 0.1) is 5.92 Å². The molecule has 0 spiro atoms. The predicted octanol–water partition coefficient (Wildman–Crippen LogP) is 4.71. The summed E-state index contributed by atoms with van der Waals surface area (Å²) in [7, 11) is 4.61. The van der Waals surface area contributed by atoms with Crippen LogP contribution < -0.4 is 20.9 Å². The van der Waals surface area contributed by atoms with Gasteiger partial charge < -0.3 is 38.9 Å². The zero-order valence-corrected chi connectivity index (χ0v) is 29.9. The third-order valence-electron chi connectivity index (χ3n) is 8.48. The third-order valence-corrected chi connectivity index (χ3v) is 8.85. The molecule has 0 unspecified atom stereocenters. The van der Waals surface area contributed by atoms with Crippen molar-refractivity contribution in [2.75, 3.05) is 50.5 Å². The average Bonchev–Trinajstić information content (AvgIpc) is 3.57. The summed E-state index contributed by atoms with van der Waals surface area (Å²) in [5, 5.41) is 4.88. The first kappa shape index (κ1) is 35.6. The Balaban J connectivity index is 1.22. The fraction of sp³-hybridized carbons (Fsp3) is 0.500. The Hall–Kier alpha value is -4.72. The molecule has 1 aromatic carbocycles. The fourth-order valence-corrected chi connectivity index (χ4v) is 6.38. The van der Waals surface area contributed by atoms with Crippen LogP contribution in [0.2, 0.25) is 5.02 Å². The number of nitrogens with two attached hydrogens (primary N) is 1. The van der Waals surface area contributed by atoms with E-state index in [-0.39, 0.29) is 23.1 Å². The number of esters is 1. The minimum atomic E-state index is -0.545. The summed E-state index contributed by atoms with van der Waals surface area (Å²) >= 11 is 7.04. The molecule has 0 bridgehead atoms. The van der Waals surface area contributed by atoms with E-state index in [1.165, 1.54) is 23.9 Å². The normalized spacial score (nSPS) is 14.3. The highest BCUT2D eigenvalue weighted by molar-refractivity contribution is 6.37. The number of nitrogens with zero attached hydrogens (tertiary/aromatic N) is 7. The van der Waals surface area contributed by atoms with Gasteiger partial charge in [-0.05, 0) is 57.7 Å². The standard InChI is InChI=1S/C34H45ClN8O6/c1-21(9-8-16-48-30-24(18-37-40(30)6)23-17-22(31(45)47-7)20-39(5)29(23)44)19-43-28-25(38-32(43)36)10-11-26(27(28)35)41-12-14-42(15-13-41)33(46)49-34(2,3)4/h10-11,17-18,20-21H,8-9,12-16,19H2,1-7H3,(H2,36,38)/t21-/m1/s1. The van der Waals surface area contributed by atoms with Crippen LogP contribution in [0.5, 0.6) is 5.88 Å². The molecule has 4 heterocycles. The number of fused-ring (bicyclic) bond motifs is 1. The Morgan fingerprint density at radius 2 is 1.82 bits per heavy atom. The van der Waals surface area contributed by atoms with E-state index in [0.29, 0.717) is 67.3 Å². The van der Waals surface area contributed by atoms with E-state index in [1.54, 1.807) is 29.9 Å². The average molecular weight is 697 g/mol. The zero-order chi connectivity index (χ0) is 35.6. The van der Waals surface area contributed by atoms with Gasteiger partial charge >= 0.3 is 12.1 Å². The molecule has 5 rings (SSSR count). The molecule has 15 heteroatoms. The van der Waals surface area contributed by atoms with E-state index >= 15 is 0 Å². The smallest absolute Gasteiger partial charge is 0.410 e. The number of anilines is 2. The summed E-state index contributed by atoms with van der Waals surface area (Å²) in [6.07, 6.45) is 4.22. The quantitative estimate of drug-likeness (QED) is 0.182. The van der Waals surface area contributed by atoms with Crippen molar-refractivity contribution in [2.45, 2.75) is 52.7 Å². The molecular formula is C34H45ClN8O6. The van der Waals surface area contributed by atoms with Gasteiger partial charge in [0.1, 0.15) is 5.60 Å². The molecule has 14 nitrogen and oxygen atoms in total. The van der Waals surface area contributed by atoms with Gasteiger partial charge in [-0.25, -0.2) is 19.3 Å². The molecule has 0 saturated carbocycles. The van der Waals surface area contributed by atoms with Crippen LogP contribution >= 0.6 is 11.6 Å². The third kappa shape index (κ3) is 7.79. The van der Waals surface area contributed by atoms with Gasteiger partial charge in [0.05, 0.1) is 58.3 Å². The van der Waals surface area contributed by atoms with E-state index in [9.17, 15) is 14.4 Å². The second-order valence-corrected chi connectivity index (χ2v) is 13.8. The summed E-state index contributed by atoms with van der Waals surface area (Å²) in [5.41, 5.74) is 9.00. The second kappa shape index (κ2) is 14.4. The first-order valence-electron chi connectivity index (χ1n) is 16.3. The number of nitrogen functional groups attached to an aromatic ring is 1. The first-order chi connectivity index (χ1) is 23.2. The number of amides is 1. The molecule has 1 fully saturated rings. The molecule has 1 saturated heterocycles. The van der Waals surface area contributed by atoms with Crippen molar-refractivity contribution in [3.05, 3.63) is 51.5 Å². The number of aryl methyl sites for hydroxylation is 2. The molecule has 4 aromatic rings. The van der Waals surface area contributed by atoms with Crippen molar-refractivity contribution in [3.63, 3.8) is 0 Å². The number of hydrogen-bond donors (Lipinski definition) is 1. The summed E-state index contributed by atoms with van der Waals surface area (Å²) < 4.78 is 21.4. The summed E-state index contributed by atoms with van der Waals surface area (Å²) in [6, 6.07) is 5.39. The van der Waals surface area contributed by atoms with Crippen molar-refractivity contribution < 1.29 is 23.8 Å². The lowest BCUT2D eigenvalue weighted by Crippen LogP contribution is -2.50. The number of ether oxygens (including phenoxy) is 3.